The van der Waals surface area contributed by atoms with Crippen molar-refractivity contribution in [2.24, 2.45) is 0 Å². The Morgan fingerprint density at radius 3 is 2.65 bits per heavy atom. The molecule has 1 aliphatic carbocycles. The number of nitrogens with one attached hydrogen (secondary N) is 1. The highest BCUT2D eigenvalue weighted by atomic mass is 14.9. The molecule has 0 fully saturated rings. The molecule has 0 aliphatic heterocycles. The van der Waals surface area contributed by atoms with Crippen LogP contribution in [0.3, 0.4) is 0 Å². The summed E-state index contributed by atoms with van der Waals surface area (Å²) in [7, 11) is 0. The van der Waals surface area contributed by atoms with Gasteiger partial charge in [-0.05, 0) is 42.7 Å². The molecule has 0 saturated carbocycles. The first-order valence-electron chi connectivity index (χ1n) is 9.29. The van der Waals surface area contributed by atoms with Crippen LogP contribution in [0, 0.1) is 0 Å². The zero-order valence-electron chi connectivity index (χ0n) is 14.2. The fraction of sp³-hybridized carbons (Fsp3) is 0.0833. The van der Waals surface area contributed by atoms with Crippen LogP contribution in [-0.4, -0.2) is 9.38 Å². The average Bonchev–Trinajstić information content (AvgIpc) is 3.33. The zero-order chi connectivity index (χ0) is 16.8. The van der Waals surface area contributed by atoms with E-state index in [0.717, 1.165) is 12.8 Å². The van der Waals surface area contributed by atoms with E-state index in [1.165, 1.54) is 60.3 Å². The van der Waals surface area contributed by atoms with E-state index in [-0.39, 0.29) is 0 Å². The number of aromatic nitrogens is 2. The molecule has 0 atom stereocenters. The second-order valence-electron chi connectivity index (χ2n) is 7.40. The maximum atomic E-state index is 3.71. The Bertz CT molecular complexity index is 1520. The number of para-hydroxylation sites is 2. The summed E-state index contributed by atoms with van der Waals surface area (Å²) in [5.74, 6) is 0. The van der Waals surface area contributed by atoms with E-state index in [0.29, 0.717) is 0 Å². The first kappa shape index (κ1) is 13.0. The highest BCUT2D eigenvalue weighted by molar-refractivity contribution is 6.30. The van der Waals surface area contributed by atoms with Gasteiger partial charge in [0.2, 0.25) is 0 Å². The predicted molar refractivity (Wildman–Crippen MR) is 110 cm³/mol. The molecule has 3 aromatic heterocycles. The first-order chi connectivity index (χ1) is 12.9. The third kappa shape index (κ3) is 1.34. The van der Waals surface area contributed by atoms with E-state index in [1.54, 1.807) is 0 Å². The molecule has 3 heterocycles. The second kappa shape index (κ2) is 4.28. The topological polar surface area (TPSA) is 20.2 Å². The molecule has 0 spiro atoms. The molecule has 122 valence electrons. The molecular formula is C24H16N2. The largest absolute Gasteiger partial charge is 0.354 e. The maximum Gasteiger partial charge on any atom is 0.0638 e. The Hall–Kier alpha value is -3.26. The molecule has 26 heavy (non-hydrogen) atoms. The lowest BCUT2D eigenvalue weighted by molar-refractivity contribution is 0.985. The van der Waals surface area contributed by atoms with E-state index >= 15 is 0 Å². The number of fused-ring (bicyclic) bond motifs is 10. The third-order valence-electron chi connectivity index (χ3n) is 6.13. The van der Waals surface area contributed by atoms with Gasteiger partial charge in [0, 0.05) is 38.1 Å². The lowest BCUT2D eigenvalue weighted by atomic mass is 9.97. The van der Waals surface area contributed by atoms with Gasteiger partial charge >= 0.3 is 0 Å². The molecule has 1 N–H and O–H groups in total. The van der Waals surface area contributed by atoms with Crippen LogP contribution in [0.1, 0.15) is 17.7 Å². The molecule has 0 bridgehead atoms. The standard InChI is InChI=1S/C24H16N2/c1-4-10-19-14(7-1)17-13-18-15-8-2-5-11-20(15)26-21-12-6-3-9-16(21)22(24(18)26)23(17)25-19/h1,3-7,9-13,25H,2,8H2. The molecule has 7 rings (SSSR count). The van der Waals surface area contributed by atoms with Crippen molar-refractivity contribution in [1.82, 2.24) is 9.38 Å². The zero-order valence-corrected chi connectivity index (χ0v) is 14.2. The predicted octanol–water partition coefficient (Wildman–Crippen LogP) is 6.28. The van der Waals surface area contributed by atoms with Crippen molar-refractivity contribution >= 4 is 55.1 Å². The van der Waals surface area contributed by atoms with Crippen LogP contribution in [0.25, 0.3) is 55.1 Å². The van der Waals surface area contributed by atoms with Gasteiger partial charge in [0.05, 0.1) is 16.6 Å². The van der Waals surface area contributed by atoms with E-state index in [1.807, 2.05) is 0 Å². The van der Waals surface area contributed by atoms with Gasteiger partial charge in [0.1, 0.15) is 0 Å². The normalized spacial score (nSPS) is 14.5. The molecule has 0 radical (unpaired) electrons. The smallest absolute Gasteiger partial charge is 0.0638 e. The summed E-state index contributed by atoms with van der Waals surface area (Å²) in [5, 5.41) is 6.79. The van der Waals surface area contributed by atoms with Crippen LogP contribution in [0.15, 0.2) is 60.7 Å². The van der Waals surface area contributed by atoms with Gasteiger partial charge in [-0.1, -0.05) is 42.5 Å². The number of allylic oxidation sites excluding steroid dienone is 1. The summed E-state index contributed by atoms with van der Waals surface area (Å²) < 4.78 is 2.48. The van der Waals surface area contributed by atoms with Crippen molar-refractivity contribution in [3.63, 3.8) is 0 Å². The first-order valence-corrected chi connectivity index (χ1v) is 9.29. The molecule has 6 aromatic rings. The quantitative estimate of drug-likeness (QED) is 0.338. The minimum absolute atomic E-state index is 1.13. The number of rotatable bonds is 0. The Kier molecular flexibility index (Phi) is 2.14. The summed E-state index contributed by atoms with van der Waals surface area (Å²) in [6, 6.07) is 19.9. The molecule has 1 aliphatic rings. The molecule has 2 heteroatoms. The van der Waals surface area contributed by atoms with Crippen molar-refractivity contribution in [1.29, 1.82) is 0 Å². The van der Waals surface area contributed by atoms with Gasteiger partial charge in [-0.25, -0.2) is 0 Å². The van der Waals surface area contributed by atoms with Crippen LogP contribution >= 0.6 is 0 Å². The minimum Gasteiger partial charge on any atom is -0.354 e. The SMILES string of the molecule is C1=Cc2c(c3cc4c5ccccc5[nH]c4c4c5ccccc5n2c34)CC1. The lowest BCUT2D eigenvalue weighted by Crippen LogP contribution is -1.94. The van der Waals surface area contributed by atoms with Gasteiger partial charge in [0.15, 0.2) is 0 Å². The maximum absolute atomic E-state index is 3.71. The van der Waals surface area contributed by atoms with E-state index in [9.17, 15) is 0 Å². The highest BCUT2D eigenvalue weighted by Gasteiger charge is 2.24. The monoisotopic (exact) mass is 332 g/mol. The highest BCUT2D eigenvalue weighted by Crippen LogP contribution is 2.44. The van der Waals surface area contributed by atoms with E-state index in [2.05, 4.69) is 76.1 Å². The molecule has 2 nitrogen and oxygen atoms in total. The summed E-state index contributed by atoms with van der Waals surface area (Å²) in [6.45, 7) is 0. The van der Waals surface area contributed by atoms with Gasteiger partial charge in [0.25, 0.3) is 0 Å². The van der Waals surface area contributed by atoms with Crippen LogP contribution in [-0.2, 0) is 6.42 Å². The van der Waals surface area contributed by atoms with Crippen molar-refractivity contribution in [3.05, 3.63) is 71.9 Å². The van der Waals surface area contributed by atoms with Gasteiger partial charge in [-0.15, -0.1) is 0 Å². The second-order valence-corrected chi connectivity index (χ2v) is 7.40. The Morgan fingerprint density at radius 2 is 1.69 bits per heavy atom. The molecular weight excluding hydrogens is 316 g/mol. The lowest BCUT2D eigenvalue weighted by Gasteiger charge is -2.07. The van der Waals surface area contributed by atoms with Gasteiger partial charge < -0.3 is 9.38 Å². The number of hydrogen-bond donors (Lipinski definition) is 1. The fourth-order valence-corrected chi connectivity index (χ4v) is 5.09. The minimum atomic E-state index is 1.13. The number of aryl methyl sites for hydroxylation is 1. The molecule has 3 aromatic carbocycles. The van der Waals surface area contributed by atoms with Gasteiger partial charge in [-0.3, -0.25) is 0 Å². The summed E-state index contributed by atoms with van der Waals surface area (Å²) in [4.78, 5) is 3.71. The van der Waals surface area contributed by atoms with Crippen LogP contribution < -0.4 is 0 Å². The Morgan fingerprint density at radius 1 is 0.846 bits per heavy atom. The number of aromatic amines is 1. The molecule has 0 amide bonds. The van der Waals surface area contributed by atoms with Crippen LogP contribution in [0.5, 0.6) is 0 Å². The third-order valence-corrected chi connectivity index (χ3v) is 6.13. The molecule has 0 saturated heterocycles. The number of benzene rings is 3. The Balaban J connectivity index is 1.90. The van der Waals surface area contributed by atoms with E-state index < -0.39 is 0 Å². The Labute approximate surface area is 149 Å². The van der Waals surface area contributed by atoms with E-state index in [4.69, 9.17) is 0 Å². The van der Waals surface area contributed by atoms with Crippen molar-refractivity contribution in [2.75, 3.05) is 0 Å². The summed E-state index contributed by atoms with van der Waals surface area (Å²) >= 11 is 0. The fourth-order valence-electron chi connectivity index (χ4n) is 5.09. The van der Waals surface area contributed by atoms with Crippen LogP contribution in [0.2, 0.25) is 0 Å². The van der Waals surface area contributed by atoms with Crippen molar-refractivity contribution in [3.8, 4) is 0 Å². The molecule has 0 unspecified atom stereocenters. The van der Waals surface area contributed by atoms with Crippen LogP contribution in [0.4, 0.5) is 0 Å². The number of nitrogens with zero attached hydrogens (tertiary/aromatic N) is 1. The summed E-state index contributed by atoms with van der Waals surface area (Å²) in [6.07, 6.45) is 6.89. The number of H-pyrrole nitrogens is 1. The van der Waals surface area contributed by atoms with Crippen molar-refractivity contribution in [2.45, 2.75) is 12.8 Å². The van der Waals surface area contributed by atoms with Gasteiger partial charge in [-0.2, -0.15) is 0 Å². The average molecular weight is 332 g/mol. The van der Waals surface area contributed by atoms with Crippen molar-refractivity contribution < 1.29 is 0 Å². The summed E-state index contributed by atoms with van der Waals surface area (Å²) in [5.41, 5.74) is 8.05. The number of hydrogen-bond acceptors (Lipinski definition) is 0.